The third-order valence-electron chi connectivity index (χ3n) is 5.33. The molecule has 1 fully saturated rings. The van der Waals surface area contributed by atoms with Gasteiger partial charge in [0, 0.05) is 0 Å². The molecule has 1 aliphatic rings. The van der Waals surface area contributed by atoms with Gasteiger partial charge in [-0.3, -0.25) is 4.39 Å². The number of hydrogen-bond acceptors (Lipinski definition) is 1. The van der Waals surface area contributed by atoms with E-state index in [9.17, 15) is 13.2 Å². The molecule has 0 unspecified atom stereocenters. The summed E-state index contributed by atoms with van der Waals surface area (Å²) >= 11 is 0. The van der Waals surface area contributed by atoms with Crippen LogP contribution in [-0.2, 0) is 0 Å². The van der Waals surface area contributed by atoms with Gasteiger partial charge in [0.15, 0.2) is 0 Å². The van der Waals surface area contributed by atoms with Crippen molar-refractivity contribution < 1.29 is 13.2 Å². The highest BCUT2D eigenvalue weighted by molar-refractivity contribution is 5.65. The Morgan fingerprint density at radius 1 is 0.963 bits per heavy atom. The Morgan fingerprint density at radius 3 is 2.15 bits per heavy atom. The summed E-state index contributed by atoms with van der Waals surface area (Å²) in [5.41, 5.74) is 1.84. The molecular weight excluding hydrogens is 347 g/mol. The van der Waals surface area contributed by atoms with Crippen molar-refractivity contribution in [2.75, 3.05) is 6.67 Å². The molecule has 0 bridgehead atoms. The van der Waals surface area contributed by atoms with Gasteiger partial charge in [0.2, 0.25) is 0 Å². The second-order valence-corrected chi connectivity index (χ2v) is 7.07. The Labute approximate surface area is 158 Å². The molecule has 3 rings (SSSR count). The topological polar surface area (TPSA) is 23.8 Å². The van der Waals surface area contributed by atoms with Crippen molar-refractivity contribution >= 4 is 0 Å². The lowest BCUT2D eigenvalue weighted by Gasteiger charge is -2.27. The van der Waals surface area contributed by atoms with E-state index in [1.165, 1.54) is 17.7 Å². The maximum atomic E-state index is 13.8. The Balaban J connectivity index is 1.67. The van der Waals surface area contributed by atoms with Gasteiger partial charge in [0.1, 0.15) is 23.3 Å². The number of rotatable bonds is 5. The fourth-order valence-corrected chi connectivity index (χ4v) is 3.79. The second-order valence-electron chi connectivity index (χ2n) is 7.07. The van der Waals surface area contributed by atoms with Crippen LogP contribution in [0.5, 0.6) is 0 Å². The third-order valence-corrected chi connectivity index (χ3v) is 5.33. The zero-order valence-electron chi connectivity index (χ0n) is 15.1. The average Bonchev–Trinajstić information content (AvgIpc) is 2.69. The van der Waals surface area contributed by atoms with Crippen LogP contribution < -0.4 is 0 Å². The Bertz CT molecular complexity index is 818. The summed E-state index contributed by atoms with van der Waals surface area (Å²) in [5.74, 6) is -0.651. The van der Waals surface area contributed by atoms with Crippen LogP contribution in [0.25, 0.3) is 11.1 Å². The summed E-state index contributed by atoms with van der Waals surface area (Å²) in [6.45, 7) is -0.300. The monoisotopic (exact) mass is 369 g/mol. The van der Waals surface area contributed by atoms with E-state index < -0.39 is 17.2 Å². The Morgan fingerprint density at radius 2 is 1.59 bits per heavy atom. The van der Waals surface area contributed by atoms with Crippen molar-refractivity contribution in [2.45, 2.75) is 38.0 Å². The highest BCUT2D eigenvalue weighted by Crippen LogP contribution is 2.37. The summed E-state index contributed by atoms with van der Waals surface area (Å²) in [7, 11) is 0. The van der Waals surface area contributed by atoms with Crippen LogP contribution in [-0.4, -0.2) is 6.67 Å². The van der Waals surface area contributed by atoms with E-state index in [1.54, 1.807) is 6.07 Å². The lowest BCUT2D eigenvalue weighted by molar-refractivity contribution is 0.375. The molecular formula is C23H22F3N. The predicted octanol–water partition coefficient (Wildman–Crippen LogP) is 6.69. The second kappa shape index (κ2) is 8.90. The lowest BCUT2D eigenvalue weighted by atomic mass is 9.78. The molecule has 1 saturated carbocycles. The molecule has 140 valence electrons. The van der Waals surface area contributed by atoms with Crippen molar-refractivity contribution in [1.29, 1.82) is 5.26 Å². The standard InChI is InChI=1S/C23H22F3N/c24-12-2-1-3-16-4-6-17(7-5-16)18-8-10-19(11-9-18)20-13-22(25)21(15-27)23(26)14-20/h1,3,8-11,13-14,16-17H,2,4-7,12H2. The minimum Gasteiger partial charge on any atom is -0.251 e. The van der Waals surface area contributed by atoms with E-state index in [0.717, 1.165) is 31.2 Å². The van der Waals surface area contributed by atoms with Crippen molar-refractivity contribution in [2.24, 2.45) is 5.92 Å². The SMILES string of the molecule is N#Cc1c(F)cc(-c2ccc(C3CCC(C=CCCF)CC3)cc2)cc1F. The first-order chi connectivity index (χ1) is 13.1. The highest BCUT2D eigenvalue weighted by Gasteiger charge is 2.21. The van der Waals surface area contributed by atoms with Gasteiger partial charge in [-0.15, -0.1) is 0 Å². The van der Waals surface area contributed by atoms with E-state index >= 15 is 0 Å². The zero-order valence-corrected chi connectivity index (χ0v) is 15.1. The number of alkyl halides is 1. The number of hydrogen-bond donors (Lipinski definition) is 0. The van der Waals surface area contributed by atoms with Gasteiger partial charge in [-0.25, -0.2) is 8.78 Å². The van der Waals surface area contributed by atoms with Crippen LogP contribution >= 0.6 is 0 Å². The predicted molar refractivity (Wildman–Crippen MR) is 101 cm³/mol. The molecule has 0 saturated heterocycles. The van der Waals surface area contributed by atoms with E-state index in [-0.39, 0.29) is 6.67 Å². The molecule has 0 atom stereocenters. The summed E-state index contributed by atoms with van der Waals surface area (Å²) in [4.78, 5) is 0. The van der Waals surface area contributed by atoms with Crippen LogP contribution in [0.15, 0.2) is 48.6 Å². The van der Waals surface area contributed by atoms with Crippen LogP contribution in [0.3, 0.4) is 0 Å². The number of allylic oxidation sites excluding steroid dienone is 2. The molecule has 1 aliphatic carbocycles. The number of benzene rings is 2. The quantitative estimate of drug-likeness (QED) is 0.538. The first-order valence-corrected chi connectivity index (χ1v) is 9.34. The van der Waals surface area contributed by atoms with E-state index in [4.69, 9.17) is 5.26 Å². The van der Waals surface area contributed by atoms with Gasteiger partial charge in [0.25, 0.3) is 0 Å². The molecule has 27 heavy (non-hydrogen) atoms. The molecule has 0 spiro atoms. The zero-order chi connectivity index (χ0) is 19.2. The van der Waals surface area contributed by atoms with E-state index in [2.05, 4.69) is 6.08 Å². The summed E-state index contributed by atoms with van der Waals surface area (Å²) in [6.07, 6.45) is 8.96. The minimum absolute atomic E-state index is 0.300. The number of halogens is 3. The van der Waals surface area contributed by atoms with Gasteiger partial charge in [-0.2, -0.15) is 5.26 Å². The van der Waals surface area contributed by atoms with Crippen LogP contribution in [0, 0.1) is 28.9 Å². The van der Waals surface area contributed by atoms with E-state index in [1.807, 2.05) is 30.3 Å². The molecule has 0 heterocycles. The Kier molecular flexibility index (Phi) is 6.34. The molecule has 0 radical (unpaired) electrons. The summed E-state index contributed by atoms with van der Waals surface area (Å²) in [5, 5.41) is 8.77. The van der Waals surface area contributed by atoms with Gasteiger partial charge >= 0.3 is 0 Å². The first kappa shape index (κ1) is 19.2. The van der Waals surface area contributed by atoms with Crippen LogP contribution in [0.2, 0.25) is 0 Å². The number of nitriles is 1. The van der Waals surface area contributed by atoms with Crippen molar-refractivity contribution in [3.63, 3.8) is 0 Å². The molecule has 0 amide bonds. The lowest BCUT2D eigenvalue weighted by Crippen LogP contribution is -2.11. The van der Waals surface area contributed by atoms with Crippen LogP contribution in [0.4, 0.5) is 13.2 Å². The summed E-state index contributed by atoms with van der Waals surface area (Å²) < 4.78 is 39.8. The minimum atomic E-state index is -0.837. The van der Waals surface area contributed by atoms with Crippen molar-refractivity contribution in [3.05, 3.63) is 71.3 Å². The van der Waals surface area contributed by atoms with Crippen molar-refractivity contribution in [3.8, 4) is 17.2 Å². The average molecular weight is 369 g/mol. The molecule has 0 aromatic heterocycles. The largest absolute Gasteiger partial charge is 0.251 e. The van der Waals surface area contributed by atoms with Gasteiger partial charge in [0.05, 0.1) is 6.67 Å². The fraction of sp³-hybridized carbons (Fsp3) is 0.348. The van der Waals surface area contributed by atoms with Gasteiger partial charge < -0.3 is 0 Å². The van der Waals surface area contributed by atoms with Gasteiger partial charge in [-0.1, -0.05) is 36.4 Å². The molecule has 4 heteroatoms. The van der Waals surface area contributed by atoms with Crippen LogP contribution in [0.1, 0.15) is 49.1 Å². The maximum absolute atomic E-state index is 13.8. The molecule has 1 nitrogen and oxygen atoms in total. The number of nitrogens with zero attached hydrogens (tertiary/aromatic N) is 1. The summed E-state index contributed by atoms with van der Waals surface area (Å²) in [6, 6.07) is 11.7. The normalized spacial score (nSPS) is 19.9. The smallest absolute Gasteiger partial charge is 0.144 e. The highest BCUT2D eigenvalue weighted by atomic mass is 19.1. The molecule has 2 aromatic rings. The Hall–Kier alpha value is -2.54. The maximum Gasteiger partial charge on any atom is 0.144 e. The molecule has 2 aromatic carbocycles. The fourth-order valence-electron chi connectivity index (χ4n) is 3.79. The van der Waals surface area contributed by atoms with E-state index in [0.29, 0.717) is 23.8 Å². The van der Waals surface area contributed by atoms with Crippen molar-refractivity contribution in [1.82, 2.24) is 0 Å². The molecule has 0 aliphatic heterocycles. The third kappa shape index (κ3) is 4.60. The molecule has 0 N–H and O–H groups in total. The van der Waals surface area contributed by atoms with Gasteiger partial charge in [-0.05, 0) is 72.8 Å². The first-order valence-electron chi connectivity index (χ1n) is 9.34.